The van der Waals surface area contributed by atoms with Gasteiger partial charge < -0.3 is 10.4 Å². The maximum absolute atomic E-state index is 12.1. The maximum Gasteiger partial charge on any atom is 0.288 e. The van der Waals surface area contributed by atoms with Crippen LogP contribution in [-0.2, 0) is 0 Å². The molecule has 0 bridgehead atoms. The van der Waals surface area contributed by atoms with Crippen LogP contribution < -0.4 is 5.32 Å². The van der Waals surface area contributed by atoms with Gasteiger partial charge in [0.1, 0.15) is 11.9 Å². The van der Waals surface area contributed by atoms with E-state index in [2.05, 4.69) is 10.3 Å². The number of hydrogen-bond donors (Lipinski definition) is 2. The maximum atomic E-state index is 12.1. The van der Waals surface area contributed by atoms with Crippen LogP contribution in [0.3, 0.4) is 0 Å². The van der Waals surface area contributed by atoms with Crippen molar-refractivity contribution in [1.82, 2.24) is 4.98 Å². The highest BCUT2D eigenvalue weighted by Gasteiger charge is 2.16. The Morgan fingerprint density at radius 3 is 2.80 bits per heavy atom. The Balaban J connectivity index is 2.29. The summed E-state index contributed by atoms with van der Waals surface area (Å²) in [5.74, 6) is -0.513. The highest BCUT2D eigenvalue weighted by molar-refractivity contribution is 6.05. The molecule has 1 amide bonds. The predicted octanol–water partition coefficient (Wildman–Crippen LogP) is 2.26. The van der Waals surface area contributed by atoms with E-state index in [0.29, 0.717) is 11.4 Å². The van der Waals surface area contributed by atoms with E-state index in [4.69, 9.17) is 0 Å². The third kappa shape index (κ3) is 2.89. The van der Waals surface area contributed by atoms with Crippen LogP contribution in [0.1, 0.15) is 16.1 Å². The summed E-state index contributed by atoms with van der Waals surface area (Å²) >= 11 is 0. The number of aromatic hydroxyl groups is 1. The van der Waals surface area contributed by atoms with Gasteiger partial charge in [-0.2, -0.15) is 0 Å². The van der Waals surface area contributed by atoms with Crippen molar-refractivity contribution in [3.63, 3.8) is 0 Å². The molecule has 0 aliphatic carbocycles. The van der Waals surface area contributed by atoms with E-state index in [9.17, 15) is 20.0 Å². The first-order valence-electron chi connectivity index (χ1n) is 5.69. The molecule has 0 fully saturated rings. The van der Waals surface area contributed by atoms with Crippen molar-refractivity contribution in [2.75, 3.05) is 5.32 Å². The molecule has 0 aliphatic rings. The Bertz CT molecular complexity index is 685. The fourth-order valence-corrected chi connectivity index (χ4v) is 1.63. The zero-order valence-electron chi connectivity index (χ0n) is 10.5. The van der Waals surface area contributed by atoms with Gasteiger partial charge in [0.15, 0.2) is 0 Å². The summed E-state index contributed by atoms with van der Waals surface area (Å²) in [6.45, 7) is 1.58. The third-order valence-corrected chi connectivity index (χ3v) is 2.63. The van der Waals surface area contributed by atoms with Crippen LogP contribution in [0.2, 0.25) is 0 Å². The number of benzene rings is 1. The molecule has 1 aromatic carbocycles. The Labute approximate surface area is 114 Å². The normalized spacial score (nSPS) is 10.1. The molecule has 102 valence electrons. The van der Waals surface area contributed by atoms with Crippen LogP contribution in [0, 0.1) is 17.0 Å². The first kappa shape index (κ1) is 13.5. The van der Waals surface area contributed by atoms with Gasteiger partial charge >= 0.3 is 0 Å². The van der Waals surface area contributed by atoms with E-state index >= 15 is 0 Å². The molecule has 7 nitrogen and oxygen atoms in total. The molecule has 0 spiro atoms. The van der Waals surface area contributed by atoms with Crippen LogP contribution in [0.15, 0.2) is 36.5 Å². The second-order valence-electron chi connectivity index (χ2n) is 4.09. The molecule has 2 rings (SSSR count). The van der Waals surface area contributed by atoms with E-state index < -0.39 is 10.8 Å². The summed E-state index contributed by atoms with van der Waals surface area (Å²) in [6.07, 6.45) is 1.10. The molecule has 7 heteroatoms. The zero-order valence-corrected chi connectivity index (χ0v) is 10.5. The summed E-state index contributed by atoms with van der Waals surface area (Å²) in [6, 6.07) is 7.18. The average molecular weight is 273 g/mol. The summed E-state index contributed by atoms with van der Waals surface area (Å²) in [5, 5.41) is 22.6. The lowest BCUT2D eigenvalue weighted by Crippen LogP contribution is -2.14. The number of carbonyl (C=O) groups excluding carboxylic acids is 1. The van der Waals surface area contributed by atoms with E-state index in [1.165, 1.54) is 18.2 Å². The highest BCUT2D eigenvalue weighted by Crippen LogP contribution is 2.19. The number of rotatable bonds is 3. The van der Waals surface area contributed by atoms with E-state index in [-0.39, 0.29) is 17.0 Å². The fraction of sp³-hybridized carbons (Fsp3) is 0.0769. The topological polar surface area (TPSA) is 105 Å². The molecule has 1 aromatic heterocycles. The summed E-state index contributed by atoms with van der Waals surface area (Å²) in [7, 11) is 0. The van der Waals surface area contributed by atoms with Crippen molar-refractivity contribution in [3.05, 3.63) is 57.9 Å². The molecule has 0 radical (unpaired) electrons. The van der Waals surface area contributed by atoms with Gasteiger partial charge in [-0.3, -0.25) is 19.9 Å². The number of nitro groups is 1. The molecule has 2 aromatic rings. The van der Waals surface area contributed by atoms with Gasteiger partial charge in [0, 0.05) is 17.8 Å². The zero-order chi connectivity index (χ0) is 14.7. The second kappa shape index (κ2) is 5.35. The Hall–Kier alpha value is -2.96. The molecule has 0 saturated heterocycles. The number of aromatic nitrogens is 1. The Morgan fingerprint density at radius 2 is 2.15 bits per heavy atom. The van der Waals surface area contributed by atoms with Gasteiger partial charge in [0.25, 0.3) is 11.6 Å². The largest absolute Gasteiger partial charge is 0.508 e. The number of anilines is 1. The molecule has 0 aliphatic heterocycles. The predicted molar refractivity (Wildman–Crippen MR) is 71.7 cm³/mol. The van der Waals surface area contributed by atoms with Crippen LogP contribution >= 0.6 is 0 Å². The van der Waals surface area contributed by atoms with Gasteiger partial charge in [-0.15, -0.1) is 0 Å². The molecule has 0 atom stereocenters. The number of nitrogens with one attached hydrogen (secondary N) is 1. The lowest BCUT2D eigenvalue weighted by atomic mass is 10.1. The van der Waals surface area contributed by atoms with Crippen molar-refractivity contribution < 1.29 is 14.8 Å². The first-order chi connectivity index (χ1) is 9.47. The smallest absolute Gasteiger partial charge is 0.288 e. The van der Waals surface area contributed by atoms with Crippen LogP contribution in [0.25, 0.3) is 0 Å². The number of phenolic OH excluding ortho intramolecular Hbond substituents is 1. The molecule has 20 heavy (non-hydrogen) atoms. The fourth-order valence-electron chi connectivity index (χ4n) is 1.63. The lowest BCUT2D eigenvalue weighted by molar-refractivity contribution is -0.385. The second-order valence-corrected chi connectivity index (χ2v) is 4.09. The SMILES string of the molecule is Cc1ncc([N+](=O)[O-])cc1C(=O)Nc1cccc(O)c1. The summed E-state index contributed by atoms with van der Waals surface area (Å²) in [4.78, 5) is 26.0. The molecule has 1 heterocycles. The van der Waals surface area contributed by atoms with Crippen molar-refractivity contribution in [2.24, 2.45) is 0 Å². The molecule has 0 unspecified atom stereocenters. The highest BCUT2D eigenvalue weighted by atomic mass is 16.6. The monoisotopic (exact) mass is 273 g/mol. The van der Waals surface area contributed by atoms with Crippen molar-refractivity contribution in [1.29, 1.82) is 0 Å². The minimum Gasteiger partial charge on any atom is -0.508 e. The molecule has 0 saturated carbocycles. The minimum absolute atomic E-state index is 0.0108. The molecule has 2 N–H and O–H groups in total. The van der Waals surface area contributed by atoms with Crippen molar-refractivity contribution in [3.8, 4) is 5.75 Å². The van der Waals surface area contributed by atoms with Crippen molar-refractivity contribution in [2.45, 2.75) is 6.92 Å². The molecular weight excluding hydrogens is 262 g/mol. The van der Waals surface area contributed by atoms with Crippen molar-refractivity contribution >= 4 is 17.3 Å². The Kier molecular flexibility index (Phi) is 3.60. The number of nitrogens with zero attached hydrogens (tertiary/aromatic N) is 2. The van der Waals surface area contributed by atoms with Gasteiger partial charge in [-0.05, 0) is 19.1 Å². The summed E-state index contributed by atoms with van der Waals surface area (Å²) in [5.41, 5.74) is 0.633. The number of aryl methyl sites for hydroxylation is 1. The third-order valence-electron chi connectivity index (χ3n) is 2.63. The number of phenols is 1. The summed E-state index contributed by atoms with van der Waals surface area (Å²) < 4.78 is 0. The number of amides is 1. The van der Waals surface area contributed by atoms with E-state index in [1.807, 2.05) is 0 Å². The average Bonchev–Trinajstić information content (AvgIpc) is 2.38. The number of carbonyl (C=O) groups is 1. The van der Waals surface area contributed by atoms with E-state index in [0.717, 1.165) is 6.20 Å². The minimum atomic E-state index is -0.614. The number of pyridine rings is 1. The van der Waals surface area contributed by atoms with E-state index in [1.54, 1.807) is 19.1 Å². The van der Waals surface area contributed by atoms with Crippen LogP contribution in [-0.4, -0.2) is 20.9 Å². The van der Waals surface area contributed by atoms with Crippen LogP contribution in [0.5, 0.6) is 5.75 Å². The Morgan fingerprint density at radius 1 is 1.40 bits per heavy atom. The van der Waals surface area contributed by atoms with Gasteiger partial charge in [-0.1, -0.05) is 6.07 Å². The van der Waals surface area contributed by atoms with Gasteiger partial charge in [0.2, 0.25) is 0 Å². The standard InChI is InChI=1S/C13H11N3O4/c1-8-12(6-10(7-14-8)16(19)20)13(18)15-9-3-2-4-11(17)5-9/h2-7,17H,1H3,(H,15,18). The van der Waals surface area contributed by atoms with Crippen LogP contribution in [0.4, 0.5) is 11.4 Å². The van der Waals surface area contributed by atoms with Gasteiger partial charge in [0.05, 0.1) is 16.2 Å². The quantitative estimate of drug-likeness (QED) is 0.659. The van der Waals surface area contributed by atoms with Gasteiger partial charge in [-0.25, -0.2) is 0 Å². The first-order valence-corrected chi connectivity index (χ1v) is 5.69. The lowest BCUT2D eigenvalue weighted by Gasteiger charge is -2.07. The molecular formula is C13H11N3O4. The number of hydrogen-bond acceptors (Lipinski definition) is 5.